The van der Waals surface area contributed by atoms with Gasteiger partial charge >= 0.3 is 0 Å². The second-order valence-electron chi connectivity index (χ2n) is 4.03. The average molecular weight is 312 g/mol. The Balaban J connectivity index is 1.91. The van der Waals surface area contributed by atoms with Crippen LogP contribution in [0, 0.1) is 0 Å². The molecule has 0 radical (unpaired) electrons. The molecule has 2 heterocycles. The highest BCUT2D eigenvalue weighted by Crippen LogP contribution is 2.22. The molecule has 0 amide bonds. The van der Waals surface area contributed by atoms with E-state index in [1.807, 2.05) is 17.5 Å². The van der Waals surface area contributed by atoms with Crippen molar-refractivity contribution in [3.63, 3.8) is 0 Å². The van der Waals surface area contributed by atoms with Crippen LogP contribution in [-0.2, 0) is 16.6 Å². The molecule has 0 saturated heterocycles. The Morgan fingerprint density at radius 1 is 1.35 bits per heavy atom. The van der Waals surface area contributed by atoms with Gasteiger partial charge in [-0.3, -0.25) is 4.98 Å². The summed E-state index contributed by atoms with van der Waals surface area (Å²) < 4.78 is 27.6. The number of hydrogen-bond donors (Lipinski definition) is 2. The molecule has 2 N–H and O–H groups in total. The molecule has 6 nitrogen and oxygen atoms in total. The molecule has 2 aromatic heterocycles. The van der Waals surface area contributed by atoms with Gasteiger partial charge in [0.25, 0.3) is 10.2 Å². The van der Waals surface area contributed by atoms with E-state index in [2.05, 4.69) is 19.4 Å². The Morgan fingerprint density at radius 2 is 2.20 bits per heavy atom. The van der Waals surface area contributed by atoms with Crippen LogP contribution in [0.1, 0.15) is 12.6 Å². The number of nitrogens with zero attached hydrogens (tertiary/aromatic N) is 2. The van der Waals surface area contributed by atoms with Crippen LogP contribution in [0.4, 0.5) is 0 Å². The van der Waals surface area contributed by atoms with Crippen LogP contribution in [0.2, 0.25) is 0 Å². The van der Waals surface area contributed by atoms with Crippen molar-refractivity contribution < 1.29 is 8.42 Å². The predicted molar refractivity (Wildman–Crippen MR) is 79.6 cm³/mol. The van der Waals surface area contributed by atoms with E-state index < -0.39 is 10.2 Å². The van der Waals surface area contributed by atoms with Gasteiger partial charge in [-0.2, -0.15) is 8.42 Å². The highest BCUT2D eigenvalue weighted by atomic mass is 32.2. The van der Waals surface area contributed by atoms with Crippen molar-refractivity contribution >= 4 is 21.5 Å². The molecule has 0 atom stereocenters. The summed E-state index contributed by atoms with van der Waals surface area (Å²) in [7, 11) is -3.38. The maximum atomic E-state index is 11.4. The van der Waals surface area contributed by atoms with Crippen LogP contribution in [0.25, 0.3) is 10.6 Å². The monoisotopic (exact) mass is 312 g/mol. The largest absolute Gasteiger partial charge is 0.276 e. The fourth-order valence-electron chi connectivity index (χ4n) is 1.60. The third kappa shape index (κ3) is 4.34. The van der Waals surface area contributed by atoms with Gasteiger partial charge in [-0.25, -0.2) is 14.4 Å². The van der Waals surface area contributed by atoms with Crippen LogP contribution in [-0.4, -0.2) is 31.5 Å². The first kappa shape index (κ1) is 15.0. The van der Waals surface area contributed by atoms with E-state index in [1.54, 1.807) is 19.3 Å². The second kappa shape index (κ2) is 6.89. The number of thiazole rings is 1. The fraction of sp³-hybridized carbons (Fsp3) is 0.333. The first-order chi connectivity index (χ1) is 9.61. The molecule has 0 unspecified atom stereocenters. The highest BCUT2D eigenvalue weighted by molar-refractivity contribution is 7.87. The number of rotatable bonds is 7. The molecule has 0 aliphatic rings. The lowest BCUT2D eigenvalue weighted by Gasteiger charge is -2.04. The van der Waals surface area contributed by atoms with Gasteiger partial charge in [0.05, 0.1) is 5.69 Å². The van der Waals surface area contributed by atoms with Crippen molar-refractivity contribution in [2.45, 2.75) is 13.3 Å². The summed E-state index contributed by atoms with van der Waals surface area (Å²) in [6, 6.07) is 3.81. The maximum Gasteiger partial charge on any atom is 0.276 e. The van der Waals surface area contributed by atoms with Crippen molar-refractivity contribution in [2.75, 3.05) is 13.1 Å². The normalized spacial score (nSPS) is 11.7. The van der Waals surface area contributed by atoms with Crippen molar-refractivity contribution in [3.8, 4) is 10.6 Å². The summed E-state index contributed by atoms with van der Waals surface area (Å²) in [5.74, 6) is 0. The lowest BCUT2D eigenvalue weighted by molar-refractivity contribution is 0.568. The Labute approximate surface area is 122 Å². The first-order valence-electron chi connectivity index (χ1n) is 6.20. The minimum atomic E-state index is -3.38. The summed E-state index contributed by atoms with van der Waals surface area (Å²) in [6.45, 7) is 2.43. The first-order valence-corrected chi connectivity index (χ1v) is 8.56. The second-order valence-corrected chi connectivity index (χ2v) is 6.47. The van der Waals surface area contributed by atoms with E-state index in [1.165, 1.54) is 11.3 Å². The summed E-state index contributed by atoms with van der Waals surface area (Å²) in [5.41, 5.74) is 1.84. The SMILES string of the molecule is CCNS(=O)(=O)NCCc1csc(-c2cccnc2)n1. The Morgan fingerprint density at radius 3 is 2.90 bits per heavy atom. The van der Waals surface area contributed by atoms with Crippen LogP contribution < -0.4 is 9.44 Å². The van der Waals surface area contributed by atoms with Crippen LogP contribution >= 0.6 is 11.3 Å². The zero-order valence-corrected chi connectivity index (χ0v) is 12.7. The van der Waals surface area contributed by atoms with Gasteiger partial charge in [-0.15, -0.1) is 11.3 Å². The molecule has 0 aliphatic heterocycles. The average Bonchev–Trinajstić information content (AvgIpc) is 2.88. The van der Waals surface area contributed by atoms with E-state index in [0.29, 0.717) is 19.5 Å². The van der Waals surface area contributed by atoms with E-state index in [0.717, 1.165) is 16.3 Å². The third-order valence-corrected chi connectivity index (χ3v) is 4.66. The molecular weight excluding hydrogens is 296 g/mol. The predicted octanol–water partition coefficient (Wildman–Crippen LogP) is 1.19. The van der Waals surface area contributed by atoms with Crippen LogP contribution in [0.5, 0.6) is 0 Å². The summed E-state index contributed by atoms with van der Waals surface area (Å²) >= 11 is 1.53. The minimum Gasteiger partial charge on any atom is -0.264 e. The smallest absolute Gasteiger partial charge is 0.264 e. The summed E-state index contributed by atoms with van der Waals surface area (Å²) in [4.78, 5) is 8.52. The Bertz CT molecular complexity index is 640. The lowest BCUT2D eigenvalue weighted by atomic mass is 10.3. The lowest BCUT2D eigenvalue weighted by Crippen LogP contribution is -2.37. The van der Waals surface area contributed by atoms with E-state index >= 15 is 0 Å². The number of hydrogen-bond acceptors (Lipinski definition) is 5. The number of nitrogens with one attached hydrogen (secondary N) is 2. The molecule has 0 spiro atoms. The van der Waals surface area contributed by atoms with E-state index in [-0.39, 0.29) is 0 Å². The zero-order chi connectivity index (χ0) is 14.4. The molecule has 8 heteroatoms. The van der Waals surface area contributed by atoms with Crippen molar-refractivity contribution in [2.24, 2.45) is 0 Å². The van der Waals surface area contributed by atoms with Gasteiger partial charge in [-0.1, -0.05) is 6.92 Å². The topological polar surface area (TPSA) is 84.0 Å². The maximum absolute atomic E-state index is 11.4. The molecule has 0 aromatic carbocycles. The molecule has 0 aliphatic carbocycles. The van der Waals surface area contributed by atoms with Gasteiger partial charge in [0.2, 0.25) is 0 Å². The molecule has 2 rings (SSSR count). The van der Waals surface area contributed by atoms with Crippen LogP contribution in [0.15, 0.2) is 29.9 Å². The fourth-order valence-corrected chi connectivity index (χ4v) is 3.30. The van der Waals surface area contributed by atoms with Gasteiger partial charge < -0.3 is 0 Å². The quantitative estimate of drug-likeness (QED) is 0.804. The minimum absolute atomic E-state index is 0.325. The van der Waals surface area contributed by atoms with Gasteiger partial charge in [0.1, 0.15) is 5.01 Å². The molecule has 108 valence electrons. The van der Waals surface area contributed by atoms with Gasteiger partial charge in [0.15, 0.2) is 0 Å². The van der Waals surface area contributed by atoms with Gasteiger partial charge in [0, 0.05) is 42.8 Å². The van der Waals surface area contributed by atoms with E-state index in [9.17, 15) is 8.42 Å². The molecule has 0 bridgehead atoms. The molecule has 20 heavy (non-hydrogen) atoms. The van der Waals surface area contributed by atoms with Crippen molar-refractivity contribution in [3.05, 3.63) is 35.6 Å². The highest BCUT2D eigenvalue weighted by Gasteiger charge is 2.08. The molecule has 2 aromatic rings. The van der Waals surface area contributed by atoms with Crippen molar-refractivity contribution in [1.29, 1.82) is 0 Å². The number of pyridine rings is 1. The summed E-state index contributed by atoms with van der Waals surface area (Å²) in [6.07, 6.45) is 4.03. The molecule has 0 fully saturated rings. The van der Waals surface area contributed by atoms with Gasteiger partial charge in [-0.05, 0) is 12.1 Å². The van der Waals surface area contributed by atoms with Crippen molar-refractivity contribution in [1.82, 2.24) is 19.4 Å². The summed E-state index contributed by atoms with van der Waals surface area (Å²) in [5, 5.41) is 2.83. The number of aromatic nitrogens is 2. The molecule has 0 saturated carbocycles. The standard InChI is InChI=1S/C12H16N4O2S2/c1-2-14-20(17,18)15-7-5-11-9-19-12(16-11)10-4-3-6-13-8-10/h3-4,6,8-9,14-15H,2,5,7H2,1H3. The zero-order valence-electron chi connectivity index (χ0n) is 11.0. The third-order valence-electron chi connectivity index (χ3n) is 2.47. The Kier molecular flexibility index (Phi) is 5.18. The van der Waals surface area contributed by atoms with E-state index in [4.69, 9.17) is 0 Å². The molecular formula is C12H16N4O2S2. The Hall–Kier alpha value is -1.35. The van der Waals surface area contributed by atoms with Crippen LogP contribution in [0.3, 0.4) is 0 Å².